The van der Waals surface area contributed by atoms with Crippen LogP contribution in [-0.4, -0.2) is 33.6 Å². The van der Waals surface area contributed by atoms with Crippen LogP contribution in [0.5, 0.6) is 0 Å². The number of nitrogens with one attached hydrogen (secondary N) is 1. The number of aliphatic hydroxyl groups is 1. The Morgan fingerprint density at radius 3 is 3.12 bits per heavy atom. The molecule has 1 aliphatic carbocycles. The van der Waals surface area contributed by atoms with Crippen LogP contribution in [0.25, 0.3) is 0 Å². The highest BCUT2D eigenvalue weighted by molar-refractivity contribution is 4.93. The second-order valence-electron chi connectivity index (χ2n) is 4.27. The molecular formula is C12H19N3O. The summed E-state index contributed by atoms with van der Waals surface area (Å²) in [5.74, 6) is 0. The summed E-state index contributed by atoms with van der Waals surface area (Å²) in [6.07, 6.45) is 11.1. The predicted molar refractivity (Wildman–Crippen MR) is 63.0 cm³/mol. The molecule has 2 rings (SSSR count). The Balaban J connectivity index is 1.67. The van der Waals surface area contributed by atoms with E-state index in [0.717, 1.165) is 12.8 Å². The maximum atomic E-state index is 9.81. The molecule has 0 radical (unpaired) electrons. The summed E-state index contributed by atoms with van der Waals surface area (Å²) in [6, 6.07) is 2.39. The summed E-state index contributed by atoms with van der Waals surface area (Å²) >= 11 is 0. The topological polar surface area (TPSA) is 50.1 Å². The maximum absolute atomic E-state index is 9.81. The van der Waals surface area contributed by atoms with Crippen LogP contribution >= 0.6 is 0 Å². The average Bonchev–Trinajstić information content (AvgIpc) is 2.81. The lowest BCUT2D eigenvalue weighted by molar-refractivity contribution is 0.142. The van der Waals surface area contributed by atoms with Crippen LogP contribution in [-0.2, 0) is 6.54 Å². The highest BCUT2D eigenvalue weighted by Crippen LogP contribution is 2.10. The first-order chi connectivity index (χ1) is 7.84. The molecule has 0 aromatic carbocycles. The first-order valence-corrected chi connectivity index (χ1v) is 5.88. The van der Waals surface area contributed by atoms with Crippen molar-refractivity contribution >= 4 is 0 Å². The van der Waals surface area contributed by atoms with E-state index in [1.807, 2.05) is 12.3 Å². The largest absolute Gasteiger partial charge is 0.390 e. The van der Waals surface area contributed by atoms with Gasteiger partial charge in [0, 0.05) is 25.0 Å². The zero-order valence-corrected chi connectivity index (χ0v) is 9.42. The fraction of sp³-hybridized carbons (Fsp3) is 0.583. The molecule has 0 fully saturated rings. The van der Waals surface area contributed by atoms with Crippen molar-refractivity contribution in [3.63, 3.8) is 0 Å². The molecule has 1 aromatic rings. The third-order valence-electron chi connectivity index (χ3n) is 2.87. The van der Waals surface area contributed by atoms with Gasteiger partial charge in [-0.15, -0.1) is 0 Å². The van der Waals surface area contributed by atoms with Crippen molar-refractivity contribution in [1.29, 1.82) is 0 Å². The molecule has 0 saturated carbocycles. The van der Waals surface area contributed by atoms with Gasteiger partial charge >= 0.3 is 0 Å². The molecule has 0 amide bonds. The number of hydrogen-bond donors (Lipinski definition) is 2. The Morgan fingerprint density at radius 2 is 2.44 bits per heavy atom. The number of nitrogens with zero attached hydrogens (tertiary/aromatic N) is 2. The monoisotopic (exact) mass is 221 g/mol. The third kappa shape index (κ3) is 3.47. The molecule has 2 unspecified atom stereocenters. The van der Waals surface area contributed by atoms with Crippen LogP contribution in [0, 0.1) is 0 Å². The van der Waals surface area contributed by atoms with Gasteiger partial charge in [-0.25, -0.2) is 0 Å². The molecule has 0 spiro atoms. The first kappa shape index (κ1) is 11.4. The molecule has 88 valence electrons. The number of aromatic nitrogens is 2. The molecule has 1 aromatic heterocycles. The van der Waals surface area contributed by atoms with Crippen molar-refractivity contribution in [1.82, 2.24) is 15.1 Å². The van der Waals surface area contributed by atoms with Gasteiger partial charge in [-0.05, 0) is 25.3 Å². The first-order valence-electron chi connectivity index (χ1n) is 5.88. The zero-order valence-electron chi connectivity index (χ0n) is 9.42. The minimum Gasteiger partial charge on any atom is -0.390 e. The molecule has 4 nitrogen and oxygen atoms in total. The molecule has 0 aliphatic heterocycles. The van der Waals surface area contributed by atoms with E-state index < -0.39 is 0 Å². The van der Waals surface area contributed by atoms with E-state index in [9.17, 15) is 5.11 Å². The minimum absolute atomic E-state index is 0.370. The standard InChI is InChI=1S/C12H19N3O/c16-12(10-15-8-4-7-14-15)9-13-11-5-2-1-3-6-11/h1-2,4,7-8,11-13,16H,3,5-6,9-10H2. The van der Waals surface area contributed by atoms with Crippen molar-refractivity contribution in [3.05, 3.63) is 30.6 Å². The molecule has 16 heavy (non-hydrogen) atoms. The maximum Gasteiger partial charge on any atom is 0.0860 e. The van der Waals surface area contributed by atoms with Crippen LogP contribution in [0.2, 0.25) is 0 Å². The fourth-order valence-electron chi connectivity index (χ4n) is 1.97. The molecule has 4 heteroatoms. The number of allylic oxidation sites excluding steroid dienone is 1. The summed E-state index contributed by atoms with van der Waals surface area (Å²) in [6.45, 7) is 1.20. The summed E-state index contributed by atoms with van der Waals surface area (Å²) in [5.41, 5.74) is 0. The van der Waals surface area contributed by atoms with Crippen molar-refractivity contribution in [2.45, 2.75) is 38.0 Å². The van der Waals surface area contributed by atoms with Gasteiger partial charge < -0.3 is 10.4 Å². The summed E-state index contributed by atoms with van der Waals surface area (Å²) in [7, 11) is 0. The van der Waals surface area contributed by atoms with E-state index >= 15 is 0 Å². The van der Waals surface area contributed by atoms with Crippen molar-refractivity contribution in [2.24, 2.45) is 0 Å². The van der Waals surface area contributed by atoms with Crippen molar-refractivity contribution in [2.75, 3.05) is 6.54 Å². The van der Waals surface area contributed by atoms with Crippen molar-refractivity contribution in [3.8, 4) is 0 Å². The zero-order chi connectivity index (χ0) is 11.2. The van der Waals surface area contributed by atoms with Crippen LogP contribution < -0.4 is 5.32 Å². The molecule has 0 saturated heterocycles. The summed E-state index contributed by atoms with van der Waals surface area (Å²) in [5, 5.41) is 17.3. The number of aliphatic hydroxyl groups excluding tert-OH is 1. The molecule has 0 bridgehead atoms. The normalized spacial score (nSPS) is 22.2. The number of hydrogen-bond acceptors (Lipinski definition) is 3. The molecule has 2 atom stereocenters. The Bertz CT molecular complexity index is 321. The molecule has 1 aliphatic rings. The SMILES string of the molecule is OC(CNC1CC=CCC1)Cn1cccn1. The highest BCUT2D eigenvalue weighted by atomic mass is 16.3. The van der Waals surface area contributed by atoms with Crippen LogP contribution in [0.15, 0.2) is 30.6 Å². The molecule has 2 N–H and O–H groups in total. The van der Waals surface area contributed by atoms with Gasteiger partial charge in [-0.3, -0.25) is 4.68 Å². The van der Waals surface area contributed by atoms with Gasteiger partial charge in [-0.2, -0.15) is 5.10 Å². The Labute approximate surface area is 96.0 Å². The summed E-state index contributed by atoms with van der Waals surface area (Å²) in [4.78, 5) is 0. The Hall–Kier alpha value is -1.13. The van der Waals surface area contributed by atoms with E-state index in [1.165, 1.54) is 6.42 Å². The summed E-state index contributed by atoms with van der Waals surface area (Å²) < 4.78 is 1.76. The van der Waals surface area contributed by atoms with E-state index in [0.29, 0.717) is 19.1 Å². The van der Waals surface area contributed by atoms with Gasteiger partial charge in [0.1, 0.15) is 0 Å². The predicted octanol–water partition coefficient (Wildman–Crippen LogP) is 0.942. The third-order valence-corrected chi connectivity index (χ3v) is 2.87. The second kappa shape index (κ2) is 5.82. The fourth-order valence-corrected chi connectivity index (χ4v) is 1.97. The smallest absolute Gasteiger partial charge is 0.0860 e. The average molecular weight is 221 g/mol. The molecular weight excluding hydrogens is 202 g/mol. The number of rotatable bonds is 5. The van der Waals surface area contributed by atoms with Gasteiger partial charge in [0.05, 0.1) is 12.6 Å². The van der Waals surface area contributed by atoms with Crippen LogP contribution in [0.3, 0.4) is 0 Å². The van der Waals surface area contributed by atoms with Crippen LogP contribution in [0.1, 0.15) is 19.3 Å². The van der Waals surface area contributed by atoms with Gasteiger partial charge in [0.2, 0.25) is 0 Å². The van der Waals surface area contributed by atoms with Crippen LogP contribution in [0.4, 0.5) is 0 Å². The van der Waals surface area contributed by atoms with E-state index in [-0.39, 0.29) is 6.10 Å². The van der Waals surface area contributed by atoms with Crippen molar-refractivity contribution < 1.29 is 5.11 Å². The Morgan fingerprint density at radius 1 is 1.50 bits per heavy atom. The van der Waals surface area contributed by atoms with E-state index in [2.05, 4.69) is 22.6 Å². The lowest BCUT2D eigenvalue weighted by atomic mass is 10.0. The van der Waals surface area contributed by atoms with Gasteiger partial charge in [0.25, 0.3) is 0 Å². The van der Waals surface area contributed by atoms with E-state index in [4.69, 9.17) is 0 Å². The minimum atomic E-state index is -0.370. The second-order valence-corrected chi connectivity index (χ2v) is 4.27. The van der Waals surface area contributed by atoms with E-state index in [1.54, 1.807) is 10.9 Å². The van der Waals surface area contributed by atoms with Gasteiger partial charge in [0.15, 0.2) is 0 Å². The lowest BCUT2D eigenvalue weighted by Gasteiger charge is -2.21. The molecule has 1 heterocycles. The quantitative estimate of drug-likeness (QED) is 0.728. The van der Waals surface area contributed by atoms with Gasteiger partial charge in [-0.1, -0.05) is 12.2 Å². The Kier molecular flexibility index (Phi) is 4.13. The lowest BCUT2D eigenvalue weighted by Crippen LogP contribution is -2.37. The highest BCUT2D eigenvalue weighted by Gasteiger charge is 2.11.